The highest BCUT2D eigenvalue weighted by Crippen LogP contribution is 2.38. The minimum absolute atomic E-state index is 0.0423. The van der Waals surface area contributed by atoms with Crippen LogP contribution in [-0.2, 0) is 0 Å². The number of methoxy groups -OCH3 is 1. The number of hydrogen-bond acceptors (Lipinski definition) is 6. The van der Waals surface area contributed by atoms with Crippen LogP contribution in [0.3, 0.4) is 0 Å². The zero-order valence-electron chi connectivity index (χ0n) is 19.8. The molecular formula is C27H24N4O4. The Kier molecular flexibility index (Phi) is 5.49. The number of nitrogens with zero attached hydrogens (tertiary/aromatic N) is 3. The van der Waals surface area contributed by atoms with Gasteiger partial charge < -0.3 is 23.8 Å². The summed E-state index contributed by atoms with van der Waals surface area (Å²) in [6, 6.07) is 14.6. The van der Waals surface area contributed by atoms with Crippen molar-refractivity contribution in [3.63, 3.8) is 0 Å². The standard InChI is InChI=1S/C27H24N4O4/c1-15-12-21(17(3)31(15)19-6-5-11-28-14-19)27-29-23(18-7-9-20(34-4)10-8-18)24(30-27)26-25(33)22(32)13-16(2)35-26/h5-14,33H,1-4H3,(H,29,30). The van der Waals surface area contributed by atoms with E-state index in [1.54, 1.807) is 26.4 Å². The van der Waals surface area contributed by atoms with Gasteiger partial charge in [0.2, 0.25) is 11.2 Å². The van der Waals surface area contributed by atoms with Gasteiger partial charge in [0.25, 0.3) is 0 Å². The third-order valence-electron chi connectivity index (χ3n) is 5.93. The third kappa shape index (κ3) is 3.89. The van der Waals surface area contributed by atoms with E-state index in [2.05, 4.69) is 14.5 Å². The molecule has 0 aliphatic heterocycles. The highest BCUT2D eigenvalue weighted by molar-refractivity contribution is 5.82. The number of ether oxygens (including phenoxy) is 1. The number of aromatic nitrogens is 4. The Morgan fingerprint density at radius 2 is 1.86 bits per heavy atom. The van der Waals surface area contributed by atoms with E-state index in [9.17, 15) is 9.90 Å². The van der Waals surface area contributed by atoms with Crippen LogP contribution in [0.15, 0.2) is 70.1 Å². The molecule has 5 aromatic rings. The number of aromatic amines is 1. The fourth-order valence-electron chi connectivity index (χ4n) is 4.28. The number of benzene rings is 1. The van der Waals surface area contributed by atoms with E-state index >= 15 is 0 Å². The molecule has 0 bridgehead atoms. The van der Waals surface area contributed by atoms with Crippen molar-refractivity contribution in [2.75, 3.05) is 7.11 Å². The summed E-state index contributed by atoms with van der Waals surface area (Å²) in [6.07, 6.45) is 3.54. The number of H-pyrrole nitrogens is 1. The lowest BCUT2D eigenvalue weighted by Gasteiger charge is -2.08. The number of hydrogen-bond donors (Lipinski definition) is 2. The second-order valence-electron chi connectivity index (χ2n) is 8.27. The Bertz CT molecular complexity index is 1580. The highest BCUT2D eigenvalue weighted by atomic mass is 16.5. The molecule has 0 aliphatic rings. The molecule has 0 saturated heterocycles. The first-order chi connectivity index (χ1) is 16.9. The average molecular weight is 469 g/mol. The summed E-state index contributed by atoms with van der Waals surface area (Å²) >= 11 is 0. The number of aromatic hydroxyl groups is 1. The van der Waals surface area contributed by atoms with Crippen molar-refractivity contribution in [3.05, 3.63) is 88.3 Å². The molecule has 0 aliphatic carbocycles. The molecule has 4 heterocycles. The van der Waals surface area contributed by atoms with Gasteiger partial charge in [-0.15, -0.1) is 0 Å². The molecule has 35 heavy (non-hydrogen) atoms. The van der Waals surface area contributed by atoms with Crippen molar-refractivity contribution in [1.82, 2.24) is 19.5 Å². The summed E-state index contributed by atoms with van der Waals surface area (Å²) in [5.41, 5.74) is 5.00. The topological polar surface area (TPSA) is 106 Å². The first-order valence-corrected chi connectivity index (χ1v) is 11.1. The minimum atomic E-state index is -0.518. The second-order valence-corrected chi connectivity index (χ2v) is 8.27. The molecule has 2 N–H and O–H groups in total. The normalized spacial score (nSPS) is 11.1. The van der Waals surface area contributed by atoms with Crippen LogP contribution in [0.4, 0.5) is 0 Å². The monoisotopic (exact) mass is 468 g/mol. The van der Waals surface area contributed by atoms with Gasteiger partial charge in [-0.3, -0.25) is 9.78 Å². The first-order valence-electron chi connectivity index (χ1n) is 11.1. The van der Waals surface area contributed by atoms with Gasteiger partial charge in [-0.1, -0.05) is 0 Å². The molecule has 0 atom stereocenters. The molecule has 4 aromatic heterocycles. The van der Waals surface area contributed by atoms with Crippen molar-refractivity contribution in [2.24, 2.45) is 0 Å². The summed E-state index contributed by atoms with van der Waals surface area (Å²) in [6.45, 7) is 5.69. The number of rotatable bonds is 5. The van der Waals surface area contributed by atoms with Crippen molar-refractivity contribution >= 4 is 0 Å². The Morgan fingerprint density at radius 1 is 1.09 bits per heavy atom. The van der Waals surface area contributed by atoms with E-state index < -0.39 is 11.2 Å². The first kappa shape index (κ1) is 22.2. The quantitative estimate of drug-likeness (QED) is 0.368. The van der Waals surface area contributed by atoms with Crippen LogP contribution in [0.25, 0.3) is 39.8 Å². The molecule has 1 aromatic carbocycles. The highest BCUT2D eigenvalue weighted by Gasteiger charge is 2.24. The van der Waals surface area contributed by atoms with E-state index in [0.717, 1.165) is 28.2 Å². The Labute approximate surface area is 201 Å². The van der Waals surface area contributed by atoms with Gasteiger partial charge in [0, 0.05) is 34.8 Å². The molecule has 0 saturated carbocycles. The molecule has 0 unspecified atom stereocenters. The maximum atomic E-state index is 12.3. The van der Waals surface area contributed by atoms with Gasteiger partial charge in [-0.25, -0.2) is 4.98 Å². The van der Waals surface area contributed by atoms with Crippen molar-refractivity contribution in [2.45, 2.75) is 20.8 Å². The Hall–Kier alpha value is -4.59. The van der Waals surface area contributed by atoms with Crippen LogP contribution >= 0.6 is 0 Å². The van der Waals surface area contributed by atoms with Crippen molar-refractivity contribution in [3.8, 4) is 51.3 Å². The molecule has 176 valence electrons. The van der Waals surface area contributed by atoms with Gasteiger partial charge in [0.1, 0.15) is 28.7 Å². The maximum Gasteiger partial charge on any atom is 0.227 e. The minimum Gasteiger partial charge on any atom is -0.501 e. The molecule has 0 radical (unpaired) electrons. The molecule has 0 amide bonds. The molecule has 0 spiro atoms. The smallest absolute Gasteiger partial charge is 0.227 e. The summed E-state index contributed by atoms with van der Waals surface area (Å²) in [4.78, 5) is 24.8. The maximum absolute atomic E-state index is 12.3. The van der Waals surface area contributed by atoms with Crippen LogP contribution in [0.2, 0.25) is 0 Å². The van der Waals surface area contributed by atoms with Crippen LogP contribution in [0, 0.1) is 20.8 Å². The van der Waals surface area contributed by atoms with Crippen LogP contribution in [0.5, 0.6) is 11.5 Å². The number of pyridine rings is 1. The Balaban J connectivity index is 1.73. The third-order valence-corrected chi connectivity index (χ3v) is 5.93. The number of aryl methyl sites for hydroxylation is 2. The molecule has 5 rings (SSSR count). The predicted molar refractivity (Wildman–Crippen MR) is 133 cm³/mol. The lowest BCUT2D eigenvalue weighted by Crippen LogP contribution is -2.01. The number of nitrogens with one attached hydrogen (secondary N) is 1. The fourth-order valence-corrected chi connectivity index (χ4v) is 4.28. The van der Waals surface area contributed by atoms with Gasteiger partial charge in [-0.05, 0) is 63.2 Å². The summed E-state index contributed by atoms with van der Waals surface area (Å²) < 4.78 is 13.2. The second kappa shape index (κ2) is 8.64. The van der Waals surface area contributed by atoms with Crippen LogP contribution < -0.4 is 10.2 Å². The van der Waals surface area contributed by atoms with E-state index in [0.29, 0.717) is 28.7 Å². The fraction of sp³-hybridized carbons (Fsp3) is 0.148. The molecule has 0 fully saturated rings. The lowest BCUT2D eigenvalue weighted by atomic mass is 10.1. The van der Waals surface area contributed by atoms with E-state index in [1.807, 2.05) is 56.3 Å². The largest absolute Gasteiger partial charge is 0.501 e. The lowest BCUT2D eigenvalue weighted by molar-refractivity contribution is 0.415. The van der Waals surface area contributed by atoms with Gasteiger partial charge in [0.05, 0.1) is 19.0 Å². The van der Waals surface area contributed by atoms with Crippen LogP contribution in [-0.4, -0.2) is 31.7 Å². The Morgan fingerprint density at radius 3 is 2.54 bits per heavy atom. The number of imidazole rings is 1. The van der Waals surface area contributed by atoms with E-state index in [1.165, 1.54) is 6.07 Å². The van der Waals surface area contributed by atoms with Gasteiger partial charge in [0.15, 0.2) is 5.76 Å². The zero-order valence-corrected chi connectivity index (χ0v) is 19.8. The van der Waals surface area contributed by atoms with Crippen LogP contribution in [0.1, 0.15) is 17.1 Å². The molecule has 8 heteroatoms. The SMILES string of the molecule is COc1ccc(-c2nc(-c3cc(C)n(-c4cccnc4)c3C)[nH]c2-c2oc(C)cc(=O)c2O)cc1. The van der Waals surface area contributed by atoms with E-state index in [-0.39, 0.29) is 5.76 Å². The zero-order chi connectivity index (χ0) is 24.7. The average Bonchev–Trinajstić information content (AvgIpc) is 3.42. The summed E-state index contributed by atoms with van der Waals surface area (Å²) in [5.74, 6) is 1.24. The van der Waals surface area contributed by atoms with Gasteiger partial charge >= 0.3 is 0 Å². The van der Waals surface area contributed by atoms with Crippen molar-refractivity contribution < 1.29 is 14.3 Å². The van der Waals surface area contributed by atoms with Gasteiger partial charge in [-0.2, -0.15) is 0 Å². The predicted octanol–water partition coefficient (Wildman–Crippen LogP) is 5.19. The summed E-state index contributed by atoms with van der Waals surface area (Å²) in [7, 11) is 1.60. The van der Waals surface area contributed by atoms with E-state index in [4.69, 9.17) is 14.1 Å². The molecular weight excluding hydrogens is 444 g/mol. The van der Waals surface area contributed by atoms with Crippen molar-refractivity contribution in [1.29, 1.82) is 0 Å². The summed E-state index contributed by atoms with van der Waals surface area (Å²) in [5, 5.41) is 10.6. The molecule has 8 nitrogen and oxygen atoms in total.